The lowest BCUT2D eigenvalue weighted by molar-refractivity contribution is -0.162. The molecule has 1 fully saturated rings. The van der Waals surface area contributed by atoms with Crippen molar-refractivity contribution < 1.29 is 14.6 Å². The lowest BCUT2D eigenvalue weighted by Gasteiger charge is -2.21. The van der Waals surface area contributed by atoms with E-state index >= 15 is 0 Å². The van der Waals surface area contributed by atoms with Crippen molar-refractivity contribution in [3.63, 3.8) is 0 Å². The van der Waals surface area contributed by atoms with Crippen molar-refractivity contribution in [2.75, 3.05) is 6.61 Å². The number of rotatable bonds is 1. The number of ether oxygens (including phenoxy) is 1. The van der Waals surface area contributed by atoms with Gasteiger partial charge in [-0.05, 0) is 0 Å². The predicted octanol–water partition coefficient (Wildman–Crippen LogP) is 0.0219. The van der Waals surface area contributed by atoms with Crippen molar-refractivity contribution in [2.24, 2.45) is 0 Å². The maximum atomic E-state index is 9.86. The van der Waals surface area contributed by atoms with Crippen LogP contribution in [-0.2, 0) is 9.53 Å². The van der Waals surface area contributed by atoms with Crippen LogP contribution in [0.2, 0.25) is 0 Å². The zero-order valence-corrected chi connectivity index (χ0v) is 4.46. The second kappa shape index (κ2) is 2.64. The lowest BCUT2D eigenvalue weighted by Crippen LogP contribution is -2.34. The molecule has 1 saturated heterocycles. The van der Waals surface area contributed by atoms with Gasteiger partial charge in [-0.2, -0.15) is 0 Å². The van der Waals surface area contributed by atoms with Gasteiger partial charge in [0.25, 0.3) is 0 Å². The number of carboxylic acid groups (broad SMARTS) is 1. The molecule has 0 amide bonds. The largest absolute Gasteiger partial charge is 0.479 e. The Morgan fingerprint density at radius 2 is 2.25 bits per heavy atom. The van der Waals surface area contributed by atoms with Gasteiger partial charge in [-0.25, -0.2) is 4.79 Å². The second-order valence-corrected chi connectivity index (χ2v) is 1.49. The van der Waals surface area contributed by atoms with E-state index in [-0.39, 0.29) is 6.15 Å². The van der Waals surface area contributed by atoms with Gasteiger partial charge in [0.2, 0.25) is 0 Å². The third-order valence-corrected chi connectivity index (χ3v) is 0.975. The highest BCUT2D eigenvalue weighted by Crippen LogP contribution is 2.09. The Balaban J connectivity index is 0.000000490. The standard InChI is InChI=1S/C4H6O3.H3N/c5-4(6)3-1-2-7-3;/h3H,1-2H2,(H,5,6);1H3. The number of hydrogen-bond acceptors (Lipinski definition) is 3. The van der Waals surface area contributed by atoms with Crippen LogP contribution in [0.25, 0.3) is 0 Å². The molecule has 0 radical (unpaired) electrons. The molecular formula is C4H9NO3. The Morgan fingerprint density at radius 1 is 1.75 bits per heavy atom. The smallest absolute Gasteiger partial charge is 0.332 e. The average molecular weight is 119 g/mol. The maximum absolute atomic E-state index is 9.86. The Hall–Kier alpha value is -0.610. The lowest BCUT2D eigenvalue weighted by atomic mass is 10.2. The van der Waals surface area contributed by atoms with Gasteiger partial charge < -0.3 is 16.0 Å². The van der Waals surface area contributed by atoms with Crippen molar-refractivity contribution >= 4 is 5.97 Å². The molecule has 4 heteroatoms. The molecule has 1 unspecified atom stereocenters. The highest BCUT2D eigenvalue weighted by atomic mass is 16.5. The molecule has 0 aromatic carbocycles. The molecule has 1 aliphatic heterocycles. The van der Waals surface area contributed by atoms with Crippen molar-refractivity contribution in [1.82, 2.24) is 6.15 Å². The quantitative estimate of drug-likeness (QED) is 0.509. The first-order valence-electron chi connectivity index (χ1n) is 2.15. The number of aliphatic carboxylic acids is 1. The summed E-state index contributed by atoms with van der Waals surface area (Å²) in [6.07, 6.45) is 0.176. The highest BCUT2D eigenvalue weighted by molar-refractivity contribution is 5.72. The molecule has 1 heterocycles. The summed E-state index contributed by atoms with van der Waals surface area (Å²) in [5.41, 5.74) is 0. The minimum atomic E-state index is -0.841. The van der Waals surface area contributed by atoms with E-state index in [0.29, 0.717) is 13.0 Å². The molecule has 0 aromatic heterocycles. The van der Waals surface area contributed by atoms with Crippen LogP contribution in [0, 0.1) is 0 Å². The van der Waals surface area contributed by atoms with Crippen LogP contribution >= 0.6 is 0 Å². The normalized spacial score (nSPS) is 25.2. The van der Waals surface area contributed by atoms with E-state index in [4.69, 9.17) is 5.11 Å². The monoisotopic (exact) mass is 119 g/mol. The maximum Gasteiger partial charge on any atom is 0.332 e. The first-order chi connectivity index (χ1) is 3.30. The summed E-state index contributed by atoms with van der Waals surface area (Å²) in [5, 5.41) is 8.11. The van der Waals surface area contributed by atoms with E-state index in [0.717, 1.165) is 0 Å². The molecular weight excluding hydrogens is 110 g/mol. The number of hydrogen-bond donors (Lipinski definition) is 2. The van der Waals surface area contributed by atoms with Crippen molar-refractivity contribution in [1.29, 1.82) is 0 Å². The van der Waals surface area contributed by atoms with E-state index in [1.54, 1.807) is 0 Å². The van der Waals surface area contributed by atoms with Crippen LogP contribution in [0.1, 0.15) is 6.42 Å². The summed E-state index contributed by atoms with van der Waals surface area (Å²) in [6.45, 7) is 0.608. The van der Waals surface area contributed by atoms with E-state index in [1.165, 1.54) is 0 Å². The van der Waals surface area contributed by atoms with Crippen LogP contribution in [0.3, 0.4) is 0 Å². The van der Waals surface area contributed by atoms with Gasteiger partial charge in [-0.3, -0.25) is 0 Å². The average Bonchev–Trinajstić information content (AvgIpc) is 1.23. The van der Waals surface area contributed by atoms with Crippen LogP contribution in [0.5, 0.6) is 0 Å². The number of carboxylic acids is 1. The van der Waals surface area contributed by atoms with E-state index < -0.39 is 12.1 Å². The summed E-state index contributed by atoms with van der Waals surface area (Å²) in [7, 11) is 0. The van der Waals surface area contributed by atoms with E-state index in [2.05, 4.69) is 4.74 Å². The molecule has 8 heavy (non-hydrogen) atoms. The summed E-state index contributed by atoms with van der Waals surface area (Å²) in [6, 6.07) is 0. The van der Waals surface area contributed by atoms with Gasteiger partial charge in [-0.15, -0.1) is 0 Å². The van der Waals surface area contributed by atoms with Crippen molar-refractivity contribution in [2.45, 2.75) is 12.5 Å². The Kier molecular flexibility index (Phi) is 2.44. The van der Waals surface area contributed by atoms with Gasteiger partial charge in [0.1, 0.15) is 0 Å². The Morgan fingerprint density at radius 3 is 2.25 bits per heavy atom. The molecule has 4 nitrogen and oxygen atoms in total. The zero-order valence-electron chi connectivity index (χ0n) is 4.46. The molecule has 0 bridgehead atoms. The predicted molar refractivity (Wildman–Crippen MR) is 27.0 cm³/mol. The fourth-order valence-corrected chi connectivity index (χ4v) is 0.430. The Labute approximate surface area is 47.0 Å². The summed E-state index contributed by atoms with van der Waals surface area (Å²) in [5.74, 6) is -0.841. The van der Waals surface area contributed by atoms with Gasteiger partial charge >= 0.3 is 5.97 Å². The van der Waals surface area contributed by atoms with Crippen LogP contribution in [0.4, 0.5) is 0 Å². The van der Waals surface area contributed by atoms with Crippen molar-refractivity contribution in [3.8, 4) is 0 Å². The molecule has 0 spiro atoms. The van der Waals surface area contributed by atoms with Gasteiger partial charge in [0.15, 0.2) is 6.10 Å². The molecule has 4 N–H and O–H groups in total. The van der Waals surface area contributed by atoms with Crippen LogP contribution in [-0.4, -0.2) is 23.8 Å². The zero-order chi connectivity index (χ0) is 5.28. The van der Waals surface area contributed by atoms with Crippen LogP contribution in [0.15, 0.2) is 0 Å². The molecule has 1 rings (SSSR count). The topological polar surface area (TPSA) is 81.5 Å². The van der Waals surface area contributed by atoms with Crippen molar-refractivity contribution in [3.05, 3.63) is 0 Å². The third kappa shape index (κ3) is 1.18. The minimum Gasteiger partial charge on any atom is -0.479 e. The van der Waals surface area contributed by atoms with Crippen LogP contribution < -0.4 is 6.15 Å². The van der Waals surface area contributed by atoms with Gasteiger partial charge in [0, 0.05) is 6.42 Å². The minimum absolute atomic E-state index is 0. The fourth-order valence-electron chi connectivity index (χ4n) is 0.430. The highest BCUT2D eigenvalue weighted by Gasteiger charge is 2.24. The third-order valence-electron chi connectivity index (χ3n) is 0.975. The summed E-state index contributed by atoms with van der Waals surface area (Å²) in [4.78, 5) is 9.86. The number of carbonyl (C=O) groups is 1. The molecule has 0 saturated carbocycles. The first-order valence-corrected chi connectivity index (χ1v) is 2.15. The van der Waals surface area contributed by atoms with E-state index in [9.17, 15) is 4.79 Å². The summed E-state index contributed by atoms with van der Waals surface area (Å²) >= 11 is 0. The first kappa shape index (κ1) is 7.39. The summed E-state index contributed by atoms with van der Waals surface area (Å²) < 4.78 is 4.59. The van der Waals surface area contributed by atoms with E-state index in [1.807, 2.05) is 0 Å². The molecule has 0 aromatic rings. The molecule has 1 aliphatic rings. The van der Waals surface area contributed by atoms with Gasteiger partial charge in [-0.1, -0.05) is 0 Å². The molecule has 0 aliphatic carbocycles. The Bertz CT molecular complexity index is 89.3. The molecule has 48 valence electrons. The fraction of sp³-hybridized carbons (Fsp3) is 0.750. The second-order valence-electron chi connectivity index (χ2n) is 1.49. The SMILES string of the molecule is N.O=C(O)C1CCO1. The molecule has 1 atom stereocenters. The van der Waals surface area contributed by atoms with Gasteiger partial charge in [0.05, 0.1) is 6.61 Å².